The van der Waals surface area contributed by atoms with Crippen molar-refractivity contribution in [2.45, 2.75) is 12.8 Å². The number of amides is 2. The van der Waals surface area contributed by atoms with E-state index in [4.69, 9.17) is 9.47 Å². The van der Waals surface area contributed by atoms with Gasteiger partial charge in [0, 0.05) is 18.1 Å². The molecule has 1 aromatic heterocycles. The Morgan fingerprint density at radius 2 is 2.07 bits per heavy atom. The fourth-order valence-electron chi connectivity index (χ4n) is 3.21. The van der Waals surface area contributed by atoms with Gasteiger partial charge in [0.05, 0.1) is 24.0 Å². The zero-order valence-corrected chi connectivity index (χ0v) is 15.7. The molecule has 3 aromatic rings. The molecule has 0 radical (unpaired) electrons. The predicted octanol–water partition coefficient (Wildman–Crippen LogP) is 2.44. The maximum Gasteiger partial charge on any atom is 0.262 e. The number of aromatic amines is 1. The van der Waals surface area contributed by atoms with E-state index < -0.39 is 0 Å². The molecule has 0 aliphatic carbocycles. The van der Waals surface area contributed by atoms with Crippen molar-refractivity contribution in [3.63, 3.8) is 0 Å². The number of aromatic nitrogens is 1. The molecule has 29 heavy (non-hydrogen) atoms. The molecule has 1 aliphatic heterocycles. The first-order chi connectivity index (χ1) is 14.0. The van der Waals surface area contributed by atoms with E-state index in [1.165, 1.54) is 0 Å². The molecule has 1 aliphatic rings. The van der Waals surface area contributed by atoms with Crippen LogP contribution in [0.2, 0.25) is 0 Å². The van der Waals surface area contributed by atoms with Crippen LogP contribution in [-0.2, 0) is 16.0 Å². The molecule has 0 atom stereocenters. The zero-order valence-electron chi connectivity index (χ0n) is 15.7. The summed E-state index contributed by atoms with van der Waals surface area (Å²) in [7, 11) is 1.56. The molecule has 0 bridgehead atoms. The largest absolute Gasteiger partial charge is 0.497 e. The van der Waals surface area contributed by atoms with Gasteiger partial charge in [0.2, 0.25) is 5.91 Å². The normalized spacial score (nSPS) is 12.7. The van der Waals surface area contributed by atoms with Crippen LogP contribution in [-0.4, -0.2) is 30.5 Å². The van der Waals surface area contributed by atoms with Crippen molar-refractivity contribution in [2.75, 3.05) is 24.4 Å². The van der Waals surface area contributed by atoms with Crippen LogP contribution in [0, 0.1) is 0 Å². The molecule has 2 heterocycles. The van der Waals surface area contributed by atoms with Crippen molar-refractivity contribution in [2.24, 2.45) is 0 Å². The number of rotatable bonds is 5. The molecular weight excluding hydrogens is 374 g/mol. The Morgan fingerprint density at radius 3 is 2.90 bits per heavy atom. The van der Waals surface area contributed by atoms with E-state index >= 15 is 0 Å². The lowest BCUT2D eigenvalue weighted by molar-refractivity contribution is -0.118. The Hall–Kier alpha value is -3.81. The van der Waals surface area contributed by atoms with Gasteiger partial charge >= 0.3 is 0 Å². The second-order valence-electron chi connectivity index (χ2n) is 6.64. The molecule has 4 rings (SSSR count). The summed E-state index contributed by atoms with van der Waals surface area (Å²) >= 11 is 0. The minimum atomic E-state index is -0.256. The minimum Gasteiger partial charge on any atom is -0.497 e. The number of para-hydroxylation sites is 1. The summed E-state index contributed by atoms with van der Waals surface area (Å²) < 4.78 is 10.6. The van der Waals surface area contributed by atoms with E-state index in [1.54, 1.807) is 37.4 Å². The number of H-pyrrole nitrogens is 1. The molecule has 8 nitrogen and oxygen atoms in total. The first-order valence-corrected chi connectivity index (χ1v) is 9.09. The number of hydrogen-bond acceptors (Lipinski definition) is 5. The lowest BCUT2D eigenvalue weighted by Crippen LogP contribution is -2.26. The molecule has 8 heteroatoms. The molecule has 0 fully saturated rings. The second kappa shape index (κ2) is 7.67. The summed E-state index contributed by atoms with van der Waals surface area (Å²) in [6.45, 7) is -0.100. The highest BCUT2D eigenvalue weighted by Gasteiger charge is 2.20. The molecule has 0 spiro atoms. The van der Waals surface area contributed by atoms with E-state index in [9.17, 15) is 14.4 Å². The van der Waals surface area contributed by atoms with Crippen LogP contribution < -0.4 is 25.7 Å². The summed E-state index contributed by atoms with van der Waals surface area (Å²) in [6, 6.07) is 12.3. The minimum absolute atomic E-state index is 0.100. The van der Waals surface area contributed by atoms with Crippen molar-refractivity contribution in [1.82, 2.24) is 4.98 Å². The summed E-state index contributed by atoms with van der Waals surface area (Å²) in [5, 5.41) is 6.34. The van der Waals surface area contributed by atoms with Gasteiger partial charge in [-0.2, -0.15) is 0 Å². The molecule has 3 N–H and O–H groups in total. The van der Waals surface area contributed by atoms with Gasteiger partial charge in [-0.1, -0.05) is 6.07 Å². The Morgan fingerprint density at radius 1 is 1.21 bits per heavy atom. The Bertz CT molecular complexity index is 1170. The van der Waals surface area contributed by atoms with Crippen LogP contribution in [0.3, 0.4) is 0 Å². The van der Waals surface area contributed by atoms with Gasteiger partial charge in [0.1, 0.15) is 5.75 Å². The van der Waals surface area contributed by atoms with E-state index in [1.807, 2.05) is 12.1 Å². The smallest absolute Gasteiger partial charge is 0.262 e. The highest BCUT2D eigenvalue weighted by molar-refractivity contribution is 6.00. The summed E-state index contributed by atoms with van der Waals surface area (Å²) in [6.07, 6.45) is 0.413. The Kier molecular flexibility index (Phi) is 4.90. The molecule has 2 aromatic carbocycles. The first-order valence-electron chi connectivity index (χ1n) is 9.09. The lowest BCUT2D eigenvalue weighted by Gasteiger charge is -2.20. The number of anilines is 2. The number of fused-ring (bicyclic) bond motifs is 2. The quantitative estimate of drug-likeness (QED) is 0.617. The van der Waals surface area contributed by atoms with Crippen LogP contribution >= 0.6 is 0 Å². The third-order valence-electron chi connectivity index (χ3n) is 4.66. The Balaban J connectivity index is 1.46. The van der Waals surface area contributed by atoms with Crippen molar-refractivity contribution in [3.05, 3.63) is 58.4 Å². The third kappa shape index (κ3) is 3.91. The van der Waals surface area contributed by atoms with Gasteiger partial charge in [-0.15, -0.1) is 0 Å². The average molecular weight is 393 g/mol. The molecule has 0 saturated heterocycles. The van der Waals surface area contributed by atoms with Crippen LogP contribution in [0.5, 0.6) is 11.5 Å². The zero-order chi connectivity index (χ0) is 20.4. The highest BCUT2D eigenvalue weighted by atomic mass is 16.5. The SMILES string of the molecule is COc1ccc2cc(CCC(=O)Nc3cccc4c3OCC(=O)N4)c(=O)[nH]c2c1. The molecule has 0 saturated carbocycles. The standard InChI is InChI=1S/C21H19N3O5/c1-28-14-7-5-12-9-13(21(27)24-17(12)10-14)6-8-18(25)22-15-3-2-4-16-20(15)29-11-19(26)23-16/h2-5,7,9-10H,6,8,11H2,1H3,(H,22,25)(H,23,26)(H,24,27). The van der Waals surface area contributed by atoms with Crippen LogP contribution in [0.1, 0.15) is 12.0 Å². The number of nitrogens with one attached hydrogen (secondary N) is 3. The Labute approximate surface area is 165 Å². The number of pyridine rings is 1. The summed E-state index contributed by atoms with van der Waals surface area (Å²) in [4.78, 5) is 39.0. The van der Waals surface area contributed by atoms with Gasteiger partial charge in [-0.3, -0.25) is 14.4 Å². The molecule has 2 amide bonds. The van der Waals surface area contributed by atoms with Crippen LogP contribution in [0.4, 0.5) is 11.4 Å². The molecule has 148 valence electrons. The fourth-order valence-corrected chi connectivity index (χ4v) is 3.21. The van der Waals surface area contributed by atoms with Crippen molar-refractivity contribution < 1.29 is 19.1 Å². The maximum atomic E-state index is 12.4. The van der Waals surface area contributed by atoms with Gasteiger partial charge in [0.25, 0.3) is 11.5 Å². The molecule has 0 unspecified atom stereocenters. The number of aryl methyl sites for hydroxylation is 1. The van der Waals surface area contributed by atoms with Crippen molar-refractivity contribution in [3.8, 4) is 11.5 Å². The maximum absolute atomic E-state index is 12.4. The van der Waals surface area contributed by atoms with Crippen molar-refractivity contribution in [1.29, 1.82) is 0 Å². The van der Waals surface area contributed by atoms with Crippen LogP contribution in [0.15, 0.2) is 47.3 Å². The number of ether oxygens (including phenoxy) is 2. The van der Waals surface area contributed by atoms with Crippen LogP contribution in [0.25, 0.3) is 10.9 Å². The number of carbonyl (C=O) groups is 2. The first kappa shape index (κ1) is 18.5. The monoisotopic (exact) mass is 393 g/mol. The summed E-state index contributed by atoms with van der Waals surface area (Å²) in [5.74, 6) is 0.588. The van der Waals surface area contributed by atoms with Gasteiger partial charge < -0.3 is 25.1 Å². The van der Waals surface area contributed by atoms with E-state index in [0.29, 0.717) is 34.0 Å². The lowest BCUT2D eigenvalue weighted by atomic mass is 10.1. The number of carbonyl (C=O) groups excluding carboxylic acids is 2. The fraction of sp³-hybridized carbons (Fsp3) is 0.190. The van der Waals surface area contributed by atoms with E-state index in [2.05, 4.69) is 15.6 Å². The van der Waals surface area contributed by atoms with Gasteiger partial charge in [-0.25, -0.2) is 0 Å². The third-order valence-corrected chi connectivity index (χ3v) is 4.66. The highest BCUT2D eigenvalue weighted by Crippen LogP contribution is 2.35. The van der Waals surface area contributed by atoms with Gasteiger partial charge in [0.15, 0.2) is 12.4 Å². The van der Waals surface area contributed by atoms with E-state index in [0.717, 1.165) is 5.39 Å². The topological polar surface area (TPSA) is 110 Å². The number of hydrogen-bond donors (Lipinski definition) is 3. The van der Waals surface area contributed by atoms with Gasteiger partial charge in [-0.05, 0) is 42.1 Å². The summed E-state index contributed by atoms with van der Waals surface area (Å²) in [5.41, 5.74) is 1.96. The second-order valence-corrected chi connectivity index (χ2v) is 6.64. The van der Waals surface area contributed by atoms with Crippen molar-refractivity contribution >= 4 is 34.1 Å². The molecular formula is C21H19N3O5. The van der Waals surface area contributed by atoms with E-state index in [-0.39, 0.29) is 36.8 Å². The predicted molar refractivity (Wildman–Crippen MR) is 109 cm³/mol. The number of benzene rings is 2. The number of methoxy groups -OCH3 is 1. The average Bonchev–Trinajstić information content (AvgIpc) is 2.71.